The molecular weight excluding hydrogens is 268 g/mol. The Labute approximate surface area is 125 Å². The SMILES string of the molecule is COC(=O)CCCCCCC(=O)Nc1ccc(CN)cc1. The van der Waals surface area contributed by atoms with E-state index in [9.17, 15) is 9.59 Å². The summed E-state index contributed by atoms with van der Waals surface area (Å²) in [6.07, 6.45) is 4.47. The molecule has 1 rings (SSSR count). The lowest BCUT2D eigenvalue weighted by Gasteiger charge is -2.06. The van der Waals surface area contributed by atoms with E-state index in [1.165, 1.54) is 7.11 Å². The number of anilines is 1. The molecule has 3 N–H and O–H groups in total. The normalized spacial score (nSPS) is 10.2. The van der Waals surface area contributed by atoms with Gasteiger partial charge >= 0.3 is 5.97 Å². The predicted molar refractivity (Wildman–Crippen MR) is 82.7 cm³/mol. The first kappa shape index (κ1) is 17.2. The van der Waals surface area contributed by atoms with Gasteiger partial charge in [0, 0.05) is 25.1 Å². The van der Waals surface area contributed by atoms with E-state index >= 15 is 0 Å². The van der Waals surface area contributed by atoms with Crippen LogP contribution in [0.1, 0.15) is 44.1 Å². The molecule has 0 saturated heterocycles. The van der Waals surface area contributed by atoms with E-state index in [0.29, 0.717) is 19.4 Å². The van der Waals surface area contributed by atoms with Crippen molar-refractivity contribution in [3.63, 3.8) is 0 Å². The maximum atomic E-state index is 11.7. The number of nitrogens with two attached hydrogens (primary N) is 1. The standard InChI is InChI=1S/C16H24N2O3/c1-21-16(20)7-5-3-2-4-6-15(19)18-14-10-8-13(12-17)9-11-14/h8-11H,2-7,12,17H2,1H3,(H,18,19). The van der Waals surface area contributed by atoms with E-state index in [-0.39, 0.29) is 11.9 Å². The molecule has 1 amide bonds. The van der Waals surface area contributed by atoms with Crippen molar-refractivity contribution in [1.29, 1.82) is 0 Å². The summed E-state index contributed by atoms with van der Waals surface area (Å²) in [4.78, 5) is 22.7. The van der Waals surface area contributed by atoms with Gasteiger partial charge < -0.3 is 15.8 Å². The lowest BCUT2D eigenvalue weighted by molar-refractivity contribution is -0.140. The highest BCUT2D eigenvalue weighted by molar-refractivity contribution is 5.90. The Bertz CT molecular complexity index is 443. The van der Waals surface area contributed by atoms with Gasteiger partial charge in [0.25, 0.3) is 0 Å². The van der Waals surface area contributed by atoms with Gasteiger partial charge in [0.2, 0.25) is 5.91 Å². The second-order valence-corrected chi connectivity index (χ2v) is 4.94. The van der Waals surface area contributed by atoms with Crippen molar-refractivity contribution in [3.8, 4) is 0 Å². The highest BCUT2D eigenvalue weighted by Gasteiger charge is 2.03. The molecule has 0 saturated carbocycles. The largest absolute Gasteiger partial charge is 0.469 e. The number of benzene rings is 1. The van der Waals surface area contributed by atoms with E-state index in [0.717, 1.165) is 36.9 Å². The minimum atomic E-state index is -0.173. The number of esters is 1. The molecule has 5 nitrogen and oxygen atoms in total. The molecule has 0 aromatic heterocycles. The molecule has 1 aromatic carbocycles. The van der Waals surface area contributed by atoms with Crippen LogP contribution in [0.5, 0.6) is 0 Å². The Balaban J connectivity index is 2.12. The number of hydrogen-bond donors (Lipinski definition) is 2. The molecule has 116 valence electrons. The molecule has 0 spiro atoms. The first-order chi connectivity index (χ1) is 10.2. The van der Waals surface area contributed by atoms with Crippen molar-refractivity contribution in [2.24, 2.45) is 5.73 Å². The summed E-state index contributed by atoms with van der Waals surface area (Å²) in [6, 6.07) is 7.53. The van der Waals surface area contributed by atoms with Gasteiger partial charge in [-0.25, -0.2) is 0 Å². The van der Waals surface area contributed by atoms with Gasteiger partial charge in [0.1, 0.15) is 0 Å². The molecule has 0 heterocycles. The summed E-state index contributed by atoms with van der Waals surface area (Å²) in [5.41, 5.74) is 7.35. The number of unbranched alkanes of at least 4 members (excludes halogenated alkanes) is 3. The van der Waals surface area contributed by atoms with Crippen molar-refractivity contribution in [3.05, 3.63) is 29.8 Å². The Kier molecular flexibility index (Phi) is 8.12. The van der Waals surface area contributed by atoms with Crippen molar-refractivity contribution >= 4 is 17.6 Å². The molecule has 0 aliphatic rings. The number of amides is 1. The van der Waals surface area contributed by atoms with Gasteiger partial charge in [0.05, 0.1) is 7.11 Å². The number of nitrogens with one attached hydrogen (secondary N) is 1. The third-order valence-electron chi connectivity index (χ3n) is 3.24. The number of carbonyl (C=O) groups excluding carboxylic acids is 2. The van der Waals surface area contributed by atoms with Crippen molar-refractivity contribution < 1.29 is 14.3 Å². The number of carbonyl (C=O) groups is 2. The van der Waals surface area contributed by atoms with Crippen molar-refractivity contribution in [1.82, 2.24) is 0 Å². The van der Waals surface area contributed by atoms with Crippen molar-refractivity contribution in [2.45, 2.75) is 45.1 Å². The average Bonchev–Trinajstić information content (AvgIpc) is 2.51. The third-order valence-corrected chi connectivity index (χ3v) is 3.24. The van der Waals surface area contributed by atoms with Crippen LogP contribution in [0.15, 0.2) is 24.3 Å². The highest BCUT2D eigenvalue weighted by Crippen LogP contribution is 2.11. The van der Waals surface area contributed by atoms with Crippen LogP contribution >= 0.6 is 0 Å². The highest BCUT2D eigenvalue weighted by atomic mass is 16.5. The van der Waals surface area contributed by atoms with Gasteiger partial charge in [-0.05, 0) is 30.5 Å². The molecule has 5 heteroatoms. The topological polar surface area (TPSA) is 81.4 Å². The lowest BCUT2D eigenvalue weighted by Crippen LogP contribution is -2.11. The summed E-state index contributed by atoms with van der Waals surface area (Å²) in [6.45, 7) is 0.500. The molecular formula is C16H24N2O3. The molecule has 0 radical (unpaired) electrons. The summed E-state index contributed by atoms with van der Waals surface area (Å²) in [5.74, 6) is -0.155. The van der Waals surface area contributed by atoms with Gasteiger partial charge in [-0.15, -0.1) is 0 Å². The van der Waals surface area contributed by atoms with Crippen LogP contribution in [-0.4, -0.2) is 19.0 Å². The molecule has 0 aliphatic carbocycles. The second-order valence-electron chi connectivity index (χ2n) is 4.94. The van der Waals surface area contributed by atoms with Crippen molar-refractivity contribution in [2.75, 3.05) is 12.4 Å². The fourth-order valence-corrected chi connectivity index (χ4v) is 1.96. The third kappa shape index (κ3) is 7.46. The monoisotopic (exact) mass is 292 g/mol. The fourth-order valence-electron chi connectivity index (χ4n) is 1.96. The second kappa shape index (κ2) is 9.94. The van der Waals surface area contributed by atoms with E-state index in [1.807, 2.05) is 24.3 Å². The number of hydrogen-bond acceptors (Lipinski definition) is 4. The van der Waals surface area contributed by atoms with Crippen LogP contribution in [0.2, 0.25) is 0 Å². The first-order valence-electron chi connectivity index (χ1n) is 7.31. The van der Waals surface area contributed by atoms with Crippen LogP contribution < -0.4 is 11.1 Å². The summed E-state index contributed by atoms with van der Waals surface area (Å²) in [7, 11) is 1.40. The Hall–Kier alpha value is -1.88. The van der Waals surface area contributed by atoms with Crippen LogP contribution in [0.3, 0.4) is 0 Å². The van der Waals surface area contributed by atoms with Crippen LogP contribution in [-0.2, 0) is 20.9 Å². The minimum absolute atomic E-state index is 0.0171. The molecule has 0 fully saturated rings. The molecule has 21 heavy (non-hydrogen) atoms. The Morgan fingerprint density at radius 1 is 1.05 bits per heavy atom. The van der Waals surface area contributed by atoms with Crippen LogP contribution in [0, 0.1) is 0 Å². The van der Waals surface area contributed by atoms with E-state index in [2.05, 4.69) is 10.1 Å². The molecule has 0 atom stereocenters. The molecule has 1 aromatic rings. The average molecular weight is 292 g/mol. The van der Waals surface area contributed by atoms with Gasteiger partial charge in [-0.3, -0.25) is 9.59 Å². The maximum absolute atomic E-state index is 11.7. The van der Waals surface area contributed by atoms with Gasteiger partial charge in [0.15, 0.2) is 0 Å². The molecule has 0 unspecified atom stereocenters. The van der Waals surface area contributed by atoms with E-state index < -0.39 is 0 Å². The van der Waals surface area contributed by atoms with Crippen LogP contribution in [0.25, 0.3) is 0 Å². The van der Waals surface area contributed by atoms with Crippen LogP contribution in [0.4, 0.5) is 5.69 Å². The zero-order valence-corrected chi connectivity index (χ0v) is 12.6. The molecule has 0 bridgehead atoms. The predicted octanol–water partition coefficient (Wildman–Crippen LogP) is 2.60. The number of ether oxygens (including phenoxy) is 1. The van der Waals surface area contributed by atoms with Gasteiger partial charge in [-0.1, -0.05) is 25.0 Å². The first-order valence-corrected chi connectivity index (χ1v) is 7.31. The summed E-state index contributed by atoms with van der Waals surface area (Å²) in [5, 5.41) is 2.86. The Morgan fingerprint density at radius 2 is 1.67 bits per heavy atom. The number of methoxy groups -OCH3 is 1. The number of rotatable bonds is 9. The van der Waals surface area contributed by atoms with Gasteiger partial charge in [-0.2, -0.15) is 0 Å². The lowest BCUT2D eigenvalue weighted by atomic mass is 10.1. The Morgan fingerprint density at radius 3 is 2.24 bits per heavy atom. The maximum Gasteiger partial charge on any atom is 0.305 e. The molecule has 0 aliphatic heterocycles. The smallest absolute Gasteiger partial charge is 0.305 e. The zero-order chi connectivity index (χ0) is 15.5. The summed E-state index contributed by atoms with van der Waals surface area (Å²) >= 11 is 0. The summed E-state index contributed by atoms with van der Waals surface area (Å²) < 4.78 is 4.57. The van der Waals surface area contributed by atoms with E-state index in [1.54, 1.807) is 0 Å². The minimum Gasteiger partial charge on any atom is -0.469 e. The fraction of sp³-hybridized carbons (Fsp3) is 0.500. The quantitative estimate of drug-likeness (QED) is 0.541. The zero-order valence-electron chi connectivity index (χ0n) is 12.6. The van der Waals surface area contributed by atoms with E-state index in [4.69, 9.17) is 5.73 Å².